The lowest BCUT2D eigenvalue weighted by Crippen LogP contribution is -2.26. The second kappa shape index (κ2) is 5.56. The Morgan fingerprint density at radius 3 is 2.53 bits per heavy atom. The van der Waals surface area contributed by atoms with E-state index in [0.717, 1.165) is 23.8 Å². The molecule has 0 saturated carbocycles. The fraction of sp³-hybridized carbons (Fsp3) is 0.143. The lowest BCUT2D eigenvalue weighted by Gasteiger charge is -2.17. The van der Waals surface area contributed by atoms with Gasteiger partial charge in [0.05, 0.1) is 0 Å². The van der Waals surface area contributed by atoms with Gasteiger partial charge in [0.15, 0.2) is 0 Å². The maximum Gasteiger partial charge on any atom is 0.254 e. The zero-order chi connectivity index (χ0) is 13.8. The first-order valence-electron chi connectivity index (χ1n) is 5.67. The first-order valence-corrected chi connectivity index (χ1v) is 5.67. The quantitative estimate of drug-likeness (QED) is 0.852. The van der Waals surface area contributed by atoms with Crippen LogP contribution in [0.1, 0.15) is 15.9 Å². The number of nitrogens with zero attached hydrogens (tertiary/aromatic N) is 2. The number of amides is 1. The van der Waals surface area contributed by atoms with Gasteiger partial charge in [0.25, 0.3) is 5.91 Å². The smallest absolute Gasteiger partial charge is 0.254 e. The van der Waals surface area contributed by atoms with Gasteiger partial charge in [0, 0.05) is 37.6 Å². The Kier molecular flexibility index (Phi) is 3.85. The Balaban J connectivity index is 2.15. The molecule has 2 aromatic rings. The summed E-state index contributed by atoms with van der Waals surface area (Å²) in [6, 6.07) is 6.35. The molecule has 0 saturated heterocycles. The largest absolute Gasteiger partial charge is 0.337 e. The van der Waals surface area contributed by atoms with Crippen LogP contribution < -0.4 is 0 Å². The average molecular weight is 262 g/mol. The van der Waals surface area contributed by atoms with Crippen LogP contribution in [0, 0.1) is 11.6 Å². The van der Waals surface area contributed by atoms with Gasteiger partial charge >= 0.3 is 0 Å². The van der Waals surface area contributed by atoms with Crippen LogP contribution in [0.25, 0.3) is 0 Å². The van der Waals surface area contributed by atoms with Crippen LogP contribution in [0.5, 0.6) is 0 Å². The highest BCUT2D eigenvalue weighted by atomic mass is 19.1. The van der Waals surface area contributed by atoms with Gasteiger partial charge in [0.2, 0.25) is 0 Å². The molecule has 0 spiro atoms. The van der Waals surface area contributed by atoms with Gasteiger partial charge in [-0.1, -0.05) is 6.07 Å². The lowest BCUT2D eigenvalue weighted by atomic mass is 10.1. The Bertz CT molecular complexity index is 567. The van der Waals surface area contributed by atoms with E-state index in [9.17, 15) is 13.6 Å². The minimum absolute atomic E-state index is 0.0103. The molecule has 19 heavy (non-hydrogen) atoms. The normalized spacial score (nSPS) is 10.3. The fourth-order valence-corrected chi connectivity index (χ4v) is 1.74. The van der Waals surface area contributed by atoms with Crippen LogP contribution in [-0.4, -0.2) is 22.8 Å². The van der Waals surface area contributed by atoms with E-state index in [1.807, 2.05) is 6.07 Å². The number of hydrogen-bond acceptors (Lipinski definition) is 2. The molecule has 0 atom stereocenters. The van der Waals surface area contributed by atoms with Crippen molar-refractivity contribution in [1.82, 2.24) is 9.88 Å². The summed E-state index contributed by atoms with van der Waals surface area (Å²) in [6.07, 6.45) is 3.27. The number of hydrogen-bond donors (Lipinski definition) is 0. The molecular weight excluding hydrogens is 250 g/mol. The summed E-state index contributed by atoms with van der Waals surface area (Å²) >= 11 is 0. The van der Waals surface area contributed by atoms with Gasteiger partial charge in [-0.15, -0.1) is 0 Å². The topological polar surface area (TPSA) is 33.2 Å². The van der Waals surface area contributed by atoms with Gasteiger partial charge in [-0.3, -0.25) is 9.78 Å². The van der Waals surface area contributed by atoms with E-state index < -0.39 is 17.5 Å². The first-order chi connectivity index (χ1) is 9.06. The molecule has 5 heteroatoms. The summed E-state index contributed by atoms with van der Waals surface area (Å²) in [7, 11) is 1.57. The van der Waals surface area contributed by atoms with E-state index in [-0.39, 0.29) is 5.56 Å². The zero-order valence-electron chi connectivity index (χ0n) is 10.3. The van der Waals surface area contributed by atoms with Gasteiger partial charge < -0.3 is 4.90 Å². The van der Waals surface area contributed by atoms with Gasteiger partial charge in [-0.05, 0) is 23.8 Å². The monoisotopic (exact) mass is 262 g/mol. The van der Waals surface area contributed by atoms with Crippen molar-refractivity contribution in [1.29, 1.82) is 0 Å². The molecule has 0 aliphatic carbocycles. The SMILES string of the molecule is CN(Cc1cccnc1)C(=O)c1cc(F)cc(F)c1. The molecule has 3 nitrogen and oxygen atoms in total. The number of benzene rings is 1. The van der Waals surface area contributed by atoms with Crippen molar-refractivity contribution in [3.05, 3.63) is 65.5 Å². The van der Waals surface area contributed by atoms with E-state index in [1.54, 1.807) is 25.5 Å². The number of carbonyl (C=O) groups is 1. The van der Waals surface area contributed by atoms with Crippen molar-refractivity contribution in [3.8, 4) is 0 Å². The highest BCUT2D eigenvalue weighted by Gasteiger charge is 2.14. The third-order valence-corrected chi connectivity index (χ3v) is 2.60. The van der Waals surface area contributed by atoms with Crippen LogP contribution in [0.3, 0.4) is 0 Å². The van der Waals surface area contributed by atoms with Crippen molar-refractivity contribution in [2.75, 3.05) is 7.05 Å². The number of pyridine rings is 1. The van der Waals surface area contributed by atoms with E-state index in [1.165, 1.54) is 4.90 Å². The summed E-state index contributed by atoms with van der Waals surface area (Å²) in [4.78, 5) is 17.3. The molecule has 98 valence electrons. The highest BCUT2D eigenvalue weighted by Crippen LogP contribution is 2.11. The number of halogens is 2. The number of carbonyl (C=O) groups excluding carboxylic acids is 1. The molecule has 0 bridgehead atoms. The van der Waals surface area contributed by atoms with E-state index in [0.29, 0.717) is 6.54 Å². The molecule has 1 aromatic carbocycles. The summed E-state index contributed by atoms with van der Waals surface area (Å²) in [5.41, 5.74) is 0.833. The molecule has 0 radical (unpaired) electrons. The Morgan fingerprint density at radius 1 is 1.26 bits per heavy atom. The van der Waals surface area contributed by atoms with Crippen molar-refractivity contribution >= 4 is 5.91 Å². The molecular formula is C14H12F2N2O. The van der Waals surface area contributed by atoms with Crippen LogP contribution in [-0.2, 0) is 6.54 Å². The van der Waals surface area contributed by atoms with Crippen LogP contribution in [0.4, 0.5) is 8.78 Å². The van der Waals surface area contributed by atoms with Gasteiger partial charge in [-0.25, -0.2) is 8.78 Å². The highest BCUT2D eigenvalue weighted by molar-refractivity contribution is 5.94. The predicted octanol–water partition coefficient (Wildman–Crippen LogP) is 2.63. The number of rotatable bonds is 3. The predicted molar refractivity (Wildman–Crippen MR) is 66.4 cm³/mol. The molecule has 0 aliphatic heterocycles. The Morgan fingerprint density at radius 2 is 1.95 bits per heavy atom. The summed E-state index contributed by atoms with van der Waals surface area (Å²) in [6.45, 7) is 0.324. The molecule has 1 aromatic heterocycles. The van der Waals surface area contributed by atoms with Crippen molar-refractivity contribution < 1.29 is 13.6 Å². The molecule has 0 N–H and O–H groups in total. The Hall–Kier alpha value is -2.30. The molecule has 1 heterocycles. The van der Waals surface area contributed by atoms with Gasteiger partial charge in [-0.2, -0.15) is 0 Å². The van der Waals surface area contributed by atoms with Crippen LogP contribution >= 0.6 is 0 Å². The molecule has 0 fully saturated rings. The molecule has 0 aliphatic rings. The zero-order valence-corrected chi connectivity index (χ0v) is 10.3. The average Bonchev–Trinajstić information content (AvgIpc) is 2.37. The number of aromatic nitrogens is 1. The first kappa shape index (κ1) is 13.1. The Labute approximate surface area is 109 Å². The second-order valence-electron chi connectivity index (χ2n) is 4.18. The van der Waals surface area contributed by atoms with E-state index in [2.05, 4.69) is 4.98 Å². The van der Waals surface area contributed by atoms with E-state index in [4.69, 9.17) is 0 Å². The summed E-state index contributed by atoms with van der Waals surface area (Å²) in [5.74, 6) is -1.97. The minimum Gasteiger partial charge on any atom is -0.337 e. The molecule has 2 rings (SSSR count). The fourth-order valence-electron chi connectivity index (χ4n) is 1.74. The van der Waals surface area contributed by atoms with Crippen molar-refractivity contribution in [2.45, 2.75) is 6.54 Å². The van der Waals surface area contributed by atoms with Crippen molar-refractivity contribution in [2.24, 2.45) is 0 Å². The summed E-state index contributed by atoms with van der Waals surface area (Å²) in [5, 5.41) is 0. The van der Waals surface area contributed by atoms with Crippen molar-refractivity contribution in [3.63, 3.8) is 0 Å². The second-order valence-corrected chi connectivity index (χ2v) is 4.18. The third kappa shape index (κ3) is 3.34. The minimum atomic E-state index is -0.766. The standard InChI is InChI=1S/C14H12F2N2O/c1-18(9-10-3-2-4-17-8-10)14(19)11-5-12(15)7-13(16)6-11/h2-8H,9H2,1H3. The molecule has 0 unspecified atom stereocenters. The maximum atomic E-state index is 13.1. The van der Waals surface area contributed by atoms with Crippen LogP contribution in [0.15, 0.2) is 42.7 Å². The third-order valence-electron chi connectivity index (χ3n) is 2.60. The lowest BCUT2D eigenvalue weighted by molar-refractivity contribution is 0.0784. The van der Waals surface area contributed by atoms with Crippen LogP contribution in [0.2, 0.25) is 0 Å². The molecule has 1 amide bonds. The van der Waals surface area contributed by atoms with Gasteiger partial charge in [0.1, 0.15) is 11.6 Å². The maximum absolute atomic E-state index is 13.1. The summed E-state index contributed by atoms with van der Waals surface area (Å²) < 4.78 is 26.1. The van der Waals surface area contributed by atoms with E-state index >= 15 is 0 Å².